The van der Waals surface area contributed by atoms with Crippen molar-refractivity contribution in [1.82, 2.24) is 9.88 Å². The topological polar surface area (TPSA) is 62.5 Å². The summed E-state index contributed by atoms with van der Waals surface area (Å²) in [4.78, 5) is 20.2. The molecule has 1 unspecified atom stereocenters. The molecule has 2 heterocycles. The SMILES string of the molecule is CN(CC1CCN(C)C1(C)C)c1ncccc1C(N)=O. The number of hydrogen-bond donors (Lipinski definition) is 1. The summed E-state index contributed by atoms with van der Waals surface area (Å²) in [5, 5.41) is 0. The number of pyridine rings is 1. The van der Waals surface area contributed by atoms with Crippen LogP contribution < -0.4 is 10.6 Å². The predicted octanol–water partition coefficient (Wildman–Crippen LogP) is 1.35. The van der Waals surface area contributed by atoms with Crippen LogP contribution in [0.1, 0.15) is 30.6 Å². The number of rotatable bonds is 4. The summed E-state index contributed by atoms with van der Waals surface area (Å²) in [5.74, 6) is 0.785. The highest BCUT2D eigenvalue weighted by Gasteiger charge is 2.39. The van der Waals surface area contributed by atoms with E-state index in [1.165, 1.54) is 0 Å². The van der Waals surface area contributed by atoms with Crippen molar-refractivity contribution in [2.75, 3.05) is 32.1 Å². The van der Waals surface area contributed by atoms with Gasteiger partial charge >= 0.3 is 0 Å². The van der Waals surface area contributed by atoms with Crippen LogP contribution in [0.2, 0.25) is 0 Å². The van der Waals surface area contributed by atoms with Crippen molar-refractivity contribution < 1.29 is 4.79 Å². The molecule has 1 fully saturated rings. The van der Waals surface area contributed by atoms with Gasteiger partial charge in [-0.15, -0.1) is 0 Å². The number of nitrogens with two attached hydrogens (primary N) is 1. The fourth-order valence-corrected chi connectivity index (χ4v) is 2.93. The van der Waals surface area contributed by atoms with E-state index in [0.717, 1.165) is 19.5 Å². The lowest BCUT2D eigenvalue weighted by Gasteiger charge is -2.36. The van der Waals surface area contributed by atoms with E-state index in [4.69, 9.17) is 5.73 Å². The monoisotopic (exact) mass is 276 g/mol. The Kier molecular flexibility index (Phi) is 3.99. The number of amides is 1. The number of anilines is 1. The van der Waals surface area contributed by atoms with Gasteiger partial charge in [-0.1, -0.05) is 0 Å². The van der Waals surface area contributed by atoms with E-state index in [-0.39, 0.29) is 5.54 Å². The molecular weight excluding hydrogens is 252 g/mol. The Bertz CT molecular complexity index is 500. The molecule has 2 rings (SSSR count). The van der Waals surface area contributed by atoms with Crippen LogP contribution >= 0.6 is 0 Å². The van der Waals surface area contributed by atoms with Crippen molar-refractivity contribution in [2.45, 2.75) is 25.8 Å². The first kappa shape index (κ1) is 14.8. The van der Waals surface area contributed by atoms with Gasteiger partial charge in [-0.2, -0.15) is 0 Å². The second kappa shape index (κ2) is 5.40. The number of hydrogen-bond acceptors (Lipinski definition) is 4. The molecule has 1 aromatic heterocycles. The normalized spacial score (nSPS) is 21.9. The maximum Gasteiger partial charge on any atom is 0.252 e. The number of primary amides is 1. The van der Waals surface area contributed by atoms with Crippen LogP contribution in [0.3, 0.4) is 0 Å². The average molecular weight is 276 g/mol. The molecule has 110 valence electrons. The summed E-state index contributed by atoms with van der Waals surface area (Å²) < 4.78 is 0. The second-order valence-corrected chi connectivity index (χ2v) is 6.18. The number of carbonyl (C=O) groups is 1. The summed E-state index contributed by atoms with van der Waals surface area (Å²) in [6, 6.07) is 3.47. The molecule has 0 aromatic carbocycles. The lowest BCUT2D eigenvalue weighted by atomic mass is 9.88. The van der Waals surface area contributed by atoms with Gasteiger partial charge < -0.3 is 15.5 Å². The van der Waals surface area contributed by atoms with Crippen molar-refractivity contribution >= 4 is 11.7 Å². The van der Waals surface area contributed by atoms with Crippen molar-refractivity contribution in [3.63, 3.8) is 0 Å². The van der Waals surface area contributed by atoms with Gasteiger partial charge in [0.25, 0.3) is 5.91 Å². The summed E-state index contributed by atoms with van der Waals surface area (Å²) in [6.45, 7) is 6.52. The molecule has 1 aliphatic heterocycles. The Morgan fingerprint density at radius 1 is 1.60 bits per heavy atom. The molecule has 0 radical (unpaired) electrons. The molecule has 0 spiro atoms. The minimum Gasteiger partial charge on any atom is -0.365 e. The first-order chi connectivity index (χ1) is 9.34. The molecule has 5 heteroatoms. The van der Waals surface area contributed by atoms with Gasteiger partial charge in [0.2, 0.25) is 0 Å². The minimum absolute atomic E-state index is 0.163. The Labute approximate surface area is 120 Å². The molecule has 0 aliphatic carbocycles. The van der Waals surface area contributed by atoms with Crippen molar-refractivity contribution in [3.8, 4) is 0 Å². The predicted molar refractivity (Wildman–Crippen MR) is 80.8 cm³/mol. The van der Waals surface area contributed by atoms with E-state index in [0.29, 0.717) is 17.3 Å². The molecule has 2 N–H and O–H groups in total. The van der Waals surface area contributed by atoms with Crippen LogP contribution in [0, 0.1) is 5.92 Å². The fraction of sp³-hybridized carbons (Fsp3) is 0.600. The van der Waals surface area contributed by atoms with Gasteiger partial charge in [0, 0.05) is 25.3 Å². The van der Waals surface area contributed by atoms with Gasteiger partial charge in [0.15, 0.2) is 0 Å². The van der Waals surface area contributed by atoms with E-state index >= 15 is 0 Å². The van der Waals surface area contributed by atoms with Crippen LogP contribution in [0.4, 0.5) is 5.82 Å². The van der Waals surface area contributed by atoms with Crippen LogP contribution in [0.5, 0.6) is 0 Å². The number of aromatic nitrogens is 1. The minimum atomic E-state index is -0.428. The Balaban J connectivity index is 2.17. The maximum absolute atomic E-state index is 11.5. The first-order valence-corrected chi connectivity index (χ1v) is 7.01. The Morgan fingerprint density at radius 3 is 2.85 bits per heavy atom. The van der Waals surface area contributed by atoms with E-state index in [1.54, 1.807) is 18.3 Å². The molecule has 1 aromatic rings. The smallest absolute Gasteiger partial charge is 0.252 e. The van der Waals surface area contributed by atoms with Crippen LogP contribution in [-0.4, -0.2) is 48.5 Å². The lowest BCUT2D eigenvalue weighted by molar-refractivity contribution is 0.100. The number of nitrogens with zero attached hydrogens (tertiary/aromatic N) is 3. The molecule has 1 saturated heterocycles. The fourth-order valence-electron chi connectivity index (χ4n) is 2.93. The maximum atomic E-state index is 11.5. The zero-order valence-electron chi connectivity index (χ0n) is 12.8. The summed E-state index contributed by atoms with van der Waals surface area (Å²) in [6.07, 6.45) is 2.86. The number of likely N-dealkylation sites (tertiary alicyclic amines) is 1. The molecule has 5 nitrogen and oxygen atoms in total. The standard InChI is InChI=1S/C15H24N4O/c1-15(2)11(7-9-19(15)4)10-18(3)14-12(13(16)20)6-5-8-17-14/h5-6,8,11H,7,9-10H2,1-4H3,(H2,16,20). The second-order valence-electron chi connectivity index (χ2n) is 6.18. The first-order valence-electron chi connectivity index (χ1n) is 7.01. The van der Waals surface area contributed by atoms with E-state index in [9.17, 15) is 4.79 Å². The van der Waals surface area contributed by atoms with Crippen LogP contribution in [0.25, 0.3) is 0 Å². The van der Waals surface area contributed by atoms with Crippen LogP contribution in [-0.2, 0) is 0 Å². The molecule has 1 aliphatic rings. The van der Waals surface area contributed by atoms with E-state index < -0.39 is 5.91 Å². The zero-order valence-corrected chi connectivity index (χ0v) is 12.8. The summed E-state index contributed by atoms with van der Waals surface area (Å²) in [5.41, 5.74) is 6.07. The lowest BCUT2D eigenvalue weighted by Crippen LogP contribution is -2.44. The van der Waals surface area contributed by atoms with Gasteiger partial charge in [-0.25, -0.2) is 4.98 Å². The Morgan fingerprint density at radius 2 is 2.30 bits per heavy atom. The van der Waals surface area contributed by atoms with Crippen molar-refractivity contribution in [1.29, 1.82) is 0 Å². The molecule has 20 heavy (non-hydrogen) atoms. The molecular formula is C15H24N4O. The third kappa shape index (κ3) is 2.63. The summed E-state index contributed by atoms with van der Waals surface area (Å²) in [7, 11) is 4.14. The molecule has 0 saturated carbocycles. The number of carbonyl (C=O) groups excluding carboxylic acids is 1. The molecule has 1 amide bonds. The highest BCUT2D eigenvalue weighted by Crippen LogP contribution is 2.34. The van der Waals surface area contributed by atoms with Crippen molar-refractivity contribution in [2.24, 2.45) is 11.7 Å². The third-order valence-electron chi connectivity index (χ3n) is 4.70. The zero-order chi connectivity index (χ0) is 14.9. The van der Waals surface area contributed by atoms with E-state index in [1.807, 2.05) is 11.9 Å². The molecule has 1 atom stereocenters. The van der Waals surface area contributed by atoms with Gasteiger partial charge in [0.05, 0.1) is 5.56 Å². The van der Waals surface area contributed by atoms with Gasteiger partial charge in [0.1, 0.15) is 5.82 Å². The van der Waals surface area contributed by atoms with Crippen molar-refractivity contribution in [3.05, 3.63) is 23.9 Å². The Hall–Kier alpha value is -1.62. The third-order valence-corrected chi connectivity index (χ3v) is 4.70. The molecule has 0 bridgehead atoms. The highest BCUT2D eigenvalue weighted by atomic mass is 16.1. The largest absolute Gasteiger partial charge is 0.365 e. The quantitative estimate of drug-likeness (QED) is 0.901. The summed E-state index contributed by atoms with van der Waals surface area (Å²) >= 11 is 0. The van der Waals surface area contributed by atoms with Crippen LogP contribution in [0.15, 0.2) is 18.3 Å². The highest BCUT2D eigenvalue weighted by molar-refractivity contribution is 5.97. The van der Waals surface area contributed by atoms with Gasteiger partial charge in [-0.05, 0) is 51.9 Å². The average Bonchev–Trinajstić information content (AvgIpc) is 2.65. The van der Waals surface area contributed by atoms with E-state index in [2.05, 4.69) is 30.8 Å². The van der Waals surface area contributed by atoms with Gasteiger partial charge in [-0.3, -0.25) is 4.79 Å².